The number of nitro groups is 1. The molecule has 0 bridgehead atoms. The van der Waals surface area contributed by atoms with Gasteiger partial charge in [-0.15, -0.1) is 0 Å². The van der Waals surface area contributed by atoms with Crippen molar-refractivity contribution in [2.45, 2.75) is 19.8 Å². The predicted molar refractivity (Wildman–Crippen MR) is 87.3 cm³/mol. The molecular weight excluding hydrogens is 334 g/mol. The molecule has 11 heteroatoms. The number of hydrogen-bond acceptors (Lipinski definition) is 10. The summed E-state index contributed by atoms with van der Waals surface area (Å²) in [7, 11) is 0. The minimum Gasteiger partial charge on any atom is -0.465 e. The summed E-state index contributed by atoms with van der Waals surface area (Å²) in [6, 6.07) is -0.0825. The van der Waals surface area contributed by atoms with E-state index >= 15 is 0 Å². The van der Waals surface area contributed by atoms with Crippen LogP contribution in [0.2, 0.25) is 0 Å². The first-order valence-corrected chi connectivity index (χ1v) is 7.93. The lowest BCUT2D eigenvalue weighted by molar-refractivity contribution is -0.383. The highest BCUT2D eigenvalue weighted by molar-refractivity contribution is 5.77. The maximum Gasteiger partial charge on any atom is 0.353 e. The summed E-state index contributed by atoms with van der Waals surface area (Å²) in [5, 5.41) is 13.7. The number of nitrogen functional groups attached to an aromatic ring is 1. The number of nitrogens with two attached hydrogens (primary N) is 1. The van der Waals surface area contributed by atoms with Crippen molar-refractivity contribution in [3.63, 3.8) is 0 Å². The van der Waals surface area contributed by atoms with Crippen LogP contribution in [0.3, 0.4) is 0 Å². The van der Waals surface area contributed by atoms with Gasteiger partial charge in [-0.1, -0.05) is 0 Å². The smallest absolute Gasteiger partial charge is 0.353 e. The first-order chi connectivity index (χ1) is 12.0. The highest BCUT2D eigenvalue weighted by Gasteiger charge is 2.25. The summed E-state index contributed by atoms with van der Waals surface area (Å²) in [5.74, 6) is -0.802. The average Bonchev–Trinajstić information content (AvgIpc) is 2.58. The molecule has 0 spiro atoms. The van der Waals surface area contributed by atoms with Gasteiger partial charge in [0.2, 0.25) is 11.6 Å². The van der Waals surface area contributed by atoms with E-state index < -0.39 is 16.6 Å². The van der Waals surface area contributed by atoms with Crippen molar-refractivity contribution in [1.82, 2.24) is 9.97 Å². The second-order valence-electron chi connectivity index (χ2n) is 5.37. The van der Waals surface area contributed by atoms with Crippen molar-refractivity contribution < 1.29 is 23.9 Å². The molecule has 11 nitrogen and oxygen atoms in total. The topological polar surface area (TPSA) is 152 Å². The first-order valence-electron chi connectivity index (χ1n) is 7.93. The number of carbonyl (C=O) groups is 1. The van der Waals surface area contributed by atoms with Gasteiger partial charge in [-0.25, -0.2) is 0 Å². The standard InChI is InChI=1S/C14H21N5O6/c1-2-24-10(20)7-16-13-11(19(21)22)12(15)17-14(18-13)25-8-9-3-5-23-6-4-9/h9H,2-8H2,1H3,(H3,15,16,17,18). The molecule has 0 radical (unpaired) electrons. The molecule has 1 aromatic rings. The van der Waals surface area contributed by atoms with Gasteiger partial charge < -0.3 is 25.3 Å². The molecule has 1 aliphatic heterocycles. The predicted octanol–water partition coefficient (Wildman–Crippen LogP) is 0.747. The van der Waals surface area contributed by atoms with Crippen LogP contribution in [-0.4, -0.2) is 53.8 Å². The van der Waals surface area contributed by atoms with Crippen molar-refractivity contribution in [3.8, 4) is 6.01 Å². The molecule has 1 aromatic heterocycles. The van der Waals surface area contributed by atoms with Crippen molar-refractivity contribution in [1.29, 1.82) is 0 Å². The molecule has 2 rings (SSSR count). The summed E-state index contributed by atoms with van der Waals surface area (Å²) in [5.41, 5.74) is 5.14. The zero-order valence-electron chi connectivity index (χ0n) is 13.9. The normalized spacial score (nSPS) is 14.8. The zero-order valence-corrected chi connectivity index (χ0v) is 13.9. The van der Waals surface area contributed by atoms with Crippen LogP contribution < -0.4 is 15.8 Å². The highest BCUT2D eigenvalue weighted by atomic mass is 16.6. The third kappa shape index (κ3) is 5.41. The lowest BCUT2D eigenvalue weighted by Gasteiger charge is -2.21. The Hall–Kier alpha value is -2.69. The van der Waals surface area contributed by atoms with Crippen LogP contribution in [0.1, 0.15) is 19.8 Å². The van der Waals surface area contributed by atoms with E-state index in [1.165, 1.54) is 0 Å². The Bertz CT molecular complexity index is 620. The largest absolute Gasteiger partial charge is 0.465 e. The fraction of sp³-hybridized carbons (Fsp3) is 0.643. The number of nitrogens with zero attached hydrogens (tertiary/aromatic N) is 3. The van der Waals surface area contributed by atoms with E-state index in [9.17, 15) is 14.9 Å². The van der Waals surface area contributed by atoms with Crippen LogP contribution in [-0.2, 0) is 14.3 Å². The molecule has 25 heavy (non-hydrogen) atoms. The number of ether oxygens (including phenoxy) is 3. The van der Waals surface area contributed by atoms with Gasteiger partial charge in [0.15, 0.2) is 0 Å². The Kier molecular flexibility index (Phi) is 6.69. The van der Waals surface area contributed by atoms with Crippen molar-refractivity contribution in [2.75, 3.05) is 44.0 Å². The molecule has 2 heterocycles. The average molecular weight is 355 g/mol. The molecule has 1 fully saturated rings. The second kappa shape index (κ2) is 8.97. The van der Waals surface area contributed by atoms with E-state index in [1.54, 1.807) is 6.92 Å². The lowest BCUT2D eigenvalue weighted by atomic mass is 10.0. The quantitative estimate of drug-likeness (QED) is 0.388. The highest BCUT2D eigenvalue weighted by Crippen LogP contribution is 2.30. The lowest BCUT2D eigenvalue weighted by Crippen LogP contribution is -2.22. The molecule has 0 atom stereocenters. The number of carbonyl (C=O) groups excluding carboxylic acids is 1. The van der Waals surface area contributed by atoms with E-state index in [-0.39, 0.29) is 30.8 Å². The third-order valence-electron chi connectivity index (χ3n) is 3.57. The summed E-state index contributed by atoms with van der Waals surface area (Å²) in [6.07, 6.45) is 1.72. The summed E-state index contributed by atoms with van der Waals surface area (Å²) in [4.78, 5) is 29.7. The van der Waals surface area contributed by atoms with Crippen LogP contribution in [0.15, 0.2) is 0 Å². The second-order valence-corrected chi connectivity index (χ2v) is 5.37. The SMILES string of the molecule is CCOC(=O)CNc1nc(OCC2CCOCC2)nc(N)c1[N+](=O)[O-]. The minimum atomic E-state index is -0.717. The van der Waals surface area contributed by atoms with Gasteiger partial charge in [-0.2, -0.15) is 9.97 Å². The van der Waals surface area contributed by atoms with E-state index in [2.05, 4.69) is 15.3 Å². The molecule has 0 aromatic carbocycles. The van der Waals surface area contributed by atoms with Gasteiger partial charge in [0.1, 0.15) is 6.54 Å². The molecular formula is C14H21N5O6. The maximum atomic E-state index is 11.4. The van der Waals surface area contributed by atoms with Crippen molar-refractivity contribution >= 4 is 23.3 Å². The van der Waals surface area contributed by atoms with E-state index in [0.717, 1.165) is 12.8 Å². The molecule has 0 aliphatic carbocycles. The number of hydrogen-bond donors (Lipinski definition) is 2. The van der Waals surface area contributed by atoms with Gasteiger partial charge in [0.25, 0.3) is 0 Å². The molecule has 1 saturated heterocycles. The number of aromatic nitrogens is 2. The minimum absolute atomic E-state index is 0.0825. The Morgan fingerprint density at radius 1 is 1.44 bits per heavy atom. The van der Waals surface area contributed by atoms with Crippen LogP contribution >= 0.6 is 0 Å². The molecule has 1 aliphatic rings. The number of nitrogens with one attached hydrogen (secondary N) is 1. The molecule has 0 saturated carbocycles. The Morgan fingerprint density at radius 2 is 2.16 bits per heavy atom. The first kappa shape index (κ1) is 18.6. The van der Waals surface area contributed by atoms with E-state index in [0.29, 0.717) is 25.7 Å². The van der Waals surface area contributed by atoms with E-state index in [1.807, 2.05) is 0 Å². The van der Waals surface area contributed by atoms with Crippen LogP contribution in [0.5, 0.6) is 6.01 Å². The number of anilines is 2. The summed E-state index contributed by atoms with van der Waals surface area (Å²) >= 11 is 0. The number of rotatable bonds is 8. The van der Waals surface area contributed by atoms with Crippen molar-refractivity contribution in [3.05, 3.63) is 10.1 Å². The maximum absolute atomic E-state index is 11.4. The van der Waals surface area contributed by atoms with Crippen LogP contribution in [0, 0.1) is 16.0 Å². The van der Waals surface area contributed by atoms with Gasteiger partial charge in [0.05, 0.1) is 18.1 Å². The van der Waals surface area contributed by atoms with Gasteiger partial charge in [-0.05, 0) is 25.7 Å². The fourth-order valence-corrected chi connectivity index (χ4v) is 2.29. The Labute approximate surface area is 144 Å². The van der Waals surface area contributed by atoms with Gasteiger partial charge in [0, 0.05) is 13.2 Å². The fourth-order valence-electron chi connectivity index (χ4n) is 2.29. The summed E-state index contributed by atoms with van der Waals surface area (Å²) in [6.45, 7) is 3.27. The monoisotopic (exact) mass is 355 g/mol. The van der Waals surface area contributed by atoms with Crippen LogP contribution in [0.25, 0.3) is 0 Å². The number of esters is 1. The van der Waals surface area contributed by atoms with Gasteiger partial charge >= 0.3 is 17.7 Å². The molecule has 138 valence electrons. The van der Waals surface area contributed by atoms with Crippen molar-refractivity contribution in [2.24, 2.45) is 5.92 Å². The Balaban J connectivity index is 2.09. The molecule has 3 N–H and O–H groups in total. The Morgan fingerprint density at radius 3 is 2.80 bits per heavy atom. The molecule has 0 unspecified atom stereocenters. The zero-order chi connectivity index (χ0) is 18.2. The van der Waals surface area contributed by atoms with E-state index in [4.69, 9.17) is 19.9 Å². The molecule has 0 amide bonds. The van der Waals surface area contributed by atoms with Crippen LogP contribution in [0.4, 0.5) is 17.3 Å². The third-order valence-corrected chi connectivity index (χ3v) is 3.57. The van der Waals surface area contributed by atoms with Gasteiger partial charge in [-0.3, -0.25) is 14.9 Å². The summed E-state index contributed by atoms with van der Waals surface area (Å²) < 4.78 is 15.6.